The van der Waals surface area contributed by atoms with Gasteiger partial charge >= 0.3 is 5.97 Å². The van der Waals surface area contributed by atoms with Crippen LogP contribution in [0.4, 0.5) is 0 Å². The van der Waals surface area contributed by atoms with Crippen LogP contribution in [0.25, 0.3) is 11.8 Å². The van der Waals surface area contributed by atoms with Gasteiger partial charge in [-0.3, -0.25) is 14.9 Å². The molecule has 2 aromatic carbocycles. The van der Waals surface area contributed by atoms with E-state index in [1.54, 1.807) is 19.2 Å². The maximum Gasteiger partial charge on any atom is 0.349 e. The molecule has 9 nitrogen and oxygen atoms in total. The largest absolute Gasteiger partial charge is 0.497 e. The molecule has 9 heteroatoms. The van der Waals surface area contributed by atoms with Gasteiger partial charge in [0.15, 0.2) is 6.61 Å². The molecule has 0 bridgehead atoms. The molecular formula is C27H25N3O6. The monoisotopic (exact) mass is 487 g/mol. The van der Waals surface area contributed by atoms with Gasteiger partial charge in [0.2, 0.25) is 0 Å². The lowest BCUT2D eigenvalue weighted by molar-refractivity contribution is -0.144. The molecule has 3 rings (SSSR count). The molecule has 0 radical (unpaired) electrons. The number of ether oxygens (including phenoxy) is 3. The number of carbonyl (C=O) groups excluding carboxylic acids is 3. The van der Waals surface area contributed by atoms with Gasteiger partial charge in [-0.15, -0.1) is 0 Å². The summed E-state index contributed by atoms with van der Waals surface area (Å²) in [5.74, 6) is -1.16. The SMILES string of the molecule is COc1ccc(C(=O)NC(=O)COC(=O)/C(C#N)=C/c2cc(C)n(-c3ccc(OC)cc3)c2C)cc1. The average molecular weight is 488 g/mol. The summed E-state index contributed by atoms with van der Waals surface area (Å²) in [7, 11) is 3.09. The van der Waals surface area contributed by atoms with Crippen molar-refractivity contribution in [3.05, 3.63) is 82.7 Å². The van der Waals surface area contributed by atoms with Crippen molar-refractivity contribution >= 4 is 23.9 Å². The molecule has 0 aliphatic carbocycles. The molecular weight excluding hydrogens is 462 g/mol. The molecule has 3 aromatic rings. The van der Waals surface area contributed by atoms with Crippen molar-refractivity contribution in [1.82, 2.24) is 9.88 Å². The highest BCUT2D eigenvalue weighted by Gasteiger charge is 2.17. The average Bonchev–Trinajstić information content (AvgIpc) is 3.18. The molecule has 0 aliphatic heterocycles. The number of benzene rings is 2. The van der Waals surface area contributed by atoms with E-state index in [2.05, 4.69) is 5.32 Å². The van der Waals surface area contributed by atoms with Crippen LogP contribution in [0, 0.1) is 25.2 Å². The Morgan fingerprint density at radius 3 is 2.11 bits per heavy atom. The van der Waals surface area contributed by atoms with Crippen molar-refractivity contribution in [3.8, 4) is 23.3 Å². The van der Waals surface area contributed by atoms with Crippen LogP contribution in [0.3, 0.4) is 0 Å². The van der Waals surface area contributed by atoms with E-state index in [4.69, 9.17) is 14.2 Å². The summed E-state index contributed by atoms with van der Waals surface area (Å²) in [4.78, 5) is 36.7. The fourth-order valence-corrected chi connectivity index (χ4v) is 3.54. The normalized spacial score (nSPS) is 10.8. The molecule has 0 saturated heterocycles. The van der Waals surface area contributed by atoms with Gasteiger partial charge in [0.05, 0.1) is 14.2 Å². The Morgan fingerprint density at radius 2 is 1.56 bits per heavy atom. The highest BCUT2D eigenvalue weighted by molar-refractivity contribution is 6.06. The molecule has 1 N–H and O–H groups in total. The zero-order valence-corrected chi connectivity index (χ0v) is 20.3. The van der Waals surface area contributed by atoms with Gasteiger partial charge in [-0.2, -0.15) is 5.26 Å². The number of nitriles is 1. The molecule has 0 unspecified atom stereocenters. The van der Waals surface area contributed by atoms with Crippen LogP contribution in [0.2, 0.25) is 0 Å². The molecule has 0 saturated carbocycles. The summed E-state index contributed by atoms with van der Waals surface area (Å²) < 4.78 is 17.2. The third kappa shape index (κ3) is 5.98. The second-order valence-electron chi connectivity index (χ2n) is 7.71. The van der Waals surface area contributed by atoms with E-state index in [0.29, 0.717) is 11.3 Å². The fraction of sp³-hybridized carbons (Fsp3) is 0.185. The van der Waals surface area contributed by atoms with E-state index in [0.717, 1.165) is 22.8 Å². The van der Waals surface area contributed by atoms with Crippen LogP contribution in [-0.2, 0) is 14.3 Å². The second-order valence-corrected chi connectivity index (χ2v) is 7.71. The predicted molar refractivity (Wildman–Crippen MR) is 132 cm³/mol. The van der Waals surface area contributed by atoms with Crippen LogP contribution in [0.5, 0.6) is 11.5 Å². The Balaban J connectivity index is 1.67. The first-order valence-corrected chi connectivity index (χ1v) is 10.9. The third-order valence-electron chi connectivity index (χ3n) is 5.38. The van der Waals surface area contributed by atoms with Gasteiger partial charge < -0.3 is 18.8 Å². The minimum absolute atomic E-state index is 0.236. The van der Waals surface area contributed by atoms with E-state index in [1.807, 2.05) is 54.8 Å². The van der Waals surface area contributed by atoms with E-state index in [1.165, 1.54) is 25.3 Å². The minimum atomic E-state index is -0.973. The van der Waals surface area contributed by atoms with Gasteiger partial charge in [0, 0.05) is 22.6 Å². The van der Waals surface area contributed by atoms with Crippen molar-refractivity contribution in [3.63, 3.8) is 0 Å². The molecule has 0 spiro atoms. The van der Waals surface area contributed by atoms with Crippen molar-refractivity contribution < 1.29 is 28.6 Å². The zero-order chi connectivity index (χ0) is 26.2. The van der Waals surface area contributed by atoms with E-state index >= 15 is 0 Å². The molecule has 184 valence electrons. The van der Waals surface area contributed by atoms with Gasteiger partial charge in [-0.05, 0) is 80.1 Å². The first-order valence-electron chi connectivity index (χ1n) is 10.9. The quantitative estimate of drug-likeness (QED) is 0.293. The number of aromatic nitrogens is 1. The van der Waals surface area contributed by atoms with Crippen molar-refractivity contribution in [2.45, 2.75) is 13.8 Å². The Labute approximate surface area is 208 Å². The molecule has 1 heterocycles. The maximum atomic E-state index is 12.4. The minimum Gasteiger partial charge on any atom is -0.497 e. The number of aryl methyl sites for hydroxylation is 1. The number of carbonyl (C=O) groups is 3. The van der Waals surface area contributed by atoms with Crippen molar-refractivity contribution in [2.75, 3.05) is 20.8 Å². The number of esters is 1. The topological polar surface area (TPSA) is 120 Å². The molecule has 36 heavy (non-hydrogen) atoms. The van der Waals surface area contributed by atoms with E-state index in [9.17, 15) is 19.6 Å². The number of hydrogen-bond donors (Lipinski definition) is 1. The van der Waals surface area contributed by atoms with Crippen molar-refractivity contribution in [1.29, 1.82) is 5.26 Å². The summed E-state index contributed by atoms with van der Waals surface area (Å²) in [6.07, 6.45) is 1.41. The van der Waals surface area contributed by atoms with Gasteiger partial charge in [0.25, 0.3) is 11.8 Å². The van der Waals surface area contributed by atoms with Crippen LogP contribution in [-0.4, -0.2) is 43.2 Å². The molecule has 2 amide bonds. The van der Waals surface area contributed by atoms with Crippen LogP contribution < -0.4 is 14.8 Å². The lowest BCUT2D eigenvalue weighted by Crippen LogP contribution is -2.34. The van der Waals surface area contributed by atoms with E-state index in [-0.39, 0.29) is 11.1 Å². The standard InChI is InChI=1S/C27H25N3O6/c1-17-13-20(18(2)30(17)22-7-11-24(35-4)12-8-22)14-21(15-28)27(33)36-16-25(31)29-26(32)19-5-9-23(34-3)10-6-19/h5-14H,16H2,1-4H3,(H,29,31,32)/b21-14+. The number of methoxy groups -OCH3 is 2. The lowest BCUT2D eigenvalue weighted by atomic mass is 10.1. The third-order valence-corrected chi connectivity index (χ3v) is 5.38. The fourth-order valence-electron chi connectivity index (χ4n) is 3.54. The van der Waals surface area contributed by atoms with Crippen LogP contribution in [0.15, 0.2) is 60.2 Å². The number of nitrogens with one attached hydrogen (secondary N) is 1. The first-order chi connectivity index (χ1) is 17.3. The molecule has 0 fully saturated rings. The number of rotatable bonds is 8. The van der Waals surface area contributed by atoms with Gasteiger partial charge in [-0.25, -0.2) is 4.79 Å². The Hall–Kier alpha value is -4.84. The molecule has 0 aliphatic rings. The van der Waals surface area contributed by atoms with Crippen LogP contribution in [0.1, 0.15) is 27.3 Å². The van der Waals surface area contributed by atoms with Gasteiger partial charge in [-0.1, -0.05) is 0 Å². The summed E-state index contributed by atoms with van der Waals surface area (Å²) in [6.45, 7) is 3.05. The molecule has 0 atom stereocenters. The summed E-state index contributed by atoms with van der Waals surface area (Å²) >= 11 is 0. The first kappa shape index (κ1) is 25.8. The summed E-state index contributed by atoms with van der Waals surface area (Å²) in [5.41, 5.74) is 3.20. The second kappa shape index (κ2) is 11.5. The van der Waals surface area contributed by atoms with Crippen molar-refractivity contribution in [2.24, 2.45) is 0 Å². The zero-order valence-electron chi connectivity index (χ0n) is 20.3. The number of imide groups is 1. The van der Waals surface area contributed by atoms with E-state index < -0.39 is 24.4 Å². The smallest absolute Gasteiger partial charge is 0.349 e. The lowest BCUT2D eigenvalue weighted by Gasteiger charge is -2.10. The highest BCUT2D eigenvalue weighted by Crippen LogP contribution is 2.24. The number of nitrogens with zero attached hydrogens (tertiary/aromatic N) is 2. The molecule has 1 aromatic heterocycles. The van der Waals surface area contributed by atoms with Crippen LogP contribution >= 0.6 is 0 Å². The maximum absolute atomic E-state index is 12.4. The number of amides is 2. The number of hydrogen-bond acceptors (Lipinski definition) is 7. The Kier molecular flexibility index (Phi) is 8.26. The highest BCUT2D eigenvalue weighted by atomic mass is 16.5. The predicted octanol–water partition coefficient (Wildman–Crippen LogP) is 3.52. The Morgan fingerprint density at radius 1 is 0.972 bits per heavy atom. The van der Waals surface area contributed by atoms with Gasteiger partial charge in [0.1, 0.15) is 23.1 Å². The summed E-state index contributed by atoms with van der Waals surface area (Å²) in [6, 6.07) is 17.3. The summed E-state index contributed by atoms with van der Waals surface area (Å²) in [5, 5.41) is 11.6. The Bertz CT molecular complexity index is 1350.